The molecule has 0 aliphatic heterocycles. The average molecular weight is 262 g/mol. The van der Waals surface area contributed by atoms with E-state index in [1.165, 1.54) is 0 Å². The predicted octanol–water partition coefficient (Wildman–Crippen LogP) is 5.29. The highest BCUT2D eigenvalue weighted by Crippen LogP contribution is 2.33. The van der Waals surface area contributed by atoms with Gasteiger partial charge in [-0.25, -0.2) is 8.78 Å². The van der Waals surface area contributed by atoms with Crippen LogP contribution in [0.2, 0.25) is 0 Å². The van der Waals surface area contributed by atoms with Gasteiger partial charge in [0.1, 0.15) is 0 Å². The van der Waals surface area contributed by atoms with Crippen LogP contribution in [-0.4, -0.2) is 0 Å². The number of benzene rings is 1. The van der Waals surface area contributed by atoms with Crippen molar-refractivity contribution in [2.24, 2.45) is 5.92 Å². The van der Waals surface area contributed by atoms with Crippen molar-refractivity contribution < 1.29 is 8.78 Å². The Bertz CT molecular complexity index is 512. The van der Waals surface area contributed by atoms with Gasteiger partial charge in [-0.15, -0.1) is 0 Å². The number of rotatable bonds is 3. The molecule has 2 heteroatoms. The molecule has 0 fully saturated rings. The van der Waals surface area contributed by atoms with Gasteiger partial charge in [0.15, 0.2) is 11.6 Å². The maximum atomic E-state index is 14.0. The minimum atomic E-state index is -0.685. The molecule has 1 aromatic carbocycles. The van der Waals surface area contributed by atoms with Crippen LogP contribution in [0.4, 0.5) is 8.78 Å². The third kappa shape index (κ3) is 2.94. The lowest BCUT2D eigenvalue weighted by atomic mass is 9.86. The second-order valence-corrected chi connectivity index (χ2v) is 5.04. The summed E-state index contributed by atoms with van der Waals surface area (Å²) in [6, 6.07) is 3.42. The average Bonchev–Trinajstić information content (AvgIpc) is 2.43. The lowest BCUT2D eigenvalue weighted by Gasteiger charge is -2.20. The van der Waals surface area contributed by atoms with Gasteiger partial charge in [0.2, 0.25) is 0 Å². The van der Waals surface area contributed by atoms with Gasteiger partial charge in [-0.3, -0.25) is 0 Å². The first-order valence-electron chi connectivity index (χ1n) is 6.96. The van der Waals surface area contributed by atoms with Crippen LogP contribution in [0.25, 0.3) is 5.57 Å². The molecule has 1 aromatic rings. The van der Waals surface area contributed by atoms with E-state index in [4.69, 9.17) is 0 Å². The molecule has 1 aliphatic carbocycles. The van der Waals surface area contributed by atoms with Gasteiger partial charge in [-0.2, -0.15) is 0 Å². The highest BCUT2D eigenvalue weighted by molar-refractivity contribution is 5.67. The van der Waals surface area contributed by atoms with Crippen molar-refractivity contribution in [1.29, 1.82) is 0 Å². The zero-order valence-corrected chi connectivity index (χ0v) is 11.5. The Hall–Kier alpha value is -1.44. The fourth-order valence-electron chi connectivity index (χ4n) is 2.66. The van der Waals surface area contributed by atoms with E-state index >= 15 is 0 Å². The van der Waals surface area contributed by atoms with Crippen LogP contribution in [-0.2, 0) is 6.42 Å². The molecule has 0 N–H and O–H groups in total. The minimum absolute atomic E-state index is 0.439. The zero-order valence-electron chi connectivity index (χ0n) is 11.5. The Morgan fingerprint density at radius 3 is 2.63 bits per heavy atom. The van der Waals surface area contributed by atoms with Crippen molar-refractivity contribution in [3.05, 3.63) is 53.1 Å². The fourth-order valence-corrected chi connectivity index (χ4v) is 2.66. The Balaban J connectivity index is 2.27. The summed E-state index contributed by atoms with van der Waals surface area (Å²) in [6.45, 7) is 3.84. The van der Waals surface area contributed by atoms with Gasteiger partial charge in [-0.1, -0.05) is 37.3 Å². The molecule has 0 amide bonds. The van der Waals surface area contributed by atoms with Crippen molar-refractivity contribution in [2.45, 2.75) is 39.5 Å². The van der Waals surface area contributed by atoms with Crippen LogP contribution >= 0.6 is 0 Å². The molecule has 0 nitrogen and oxygen atoms in total. The third-order valence-electron chi connectivity index (χ3n) is 3.81. The molecule has 0 aromatic heterocycles. The summed E-state index contributed by atoms with van der Waals surface area (Å²) >= 11 is 0. The van der Waals surface area contributed by atoms with E-state index in [2.05, 4.69) is 18.2 Å². The maximum absolute atomic E-state index is 14.0. The molecule has 0 heterocycles. The van der Waals surface area contributed by atoms with Crippen LogP contribution in [0, 0.1) is 17.6 Å². The summed E-state index contributed by atoms with van der Waals surface area (Å²) in [6.07, 6.45) is 9.55. The SMILES string of the molecule is C/C=C/C1CC=C(c2ccc(CC)c(F)c2F)CC1. The topological polar surface area (TPSA) is 0 Å². The molecular weight excluding hydrogens is 242 g/mol. The molecule has 0 saturated heterocycles. The first kappa shape index (κ1) is 14.0. The Morgan fingerprint density at radius 2 is 2.05 bits per heavy atom. The van der Waals surface area contributed by atoms with Crippen molar-refractivity contribution >= 4 is 5.57 Å². The molecule has 102 valence electrons. The van der Waals surface area contributed by atoms with Crippen molar-refractivity contribution in [2.75, 3.05) is 0 Å². The van der Waals surface area contributed by atoms with Crippen LogP contribution < -0.4 is 0 Å². The smallest absolute Gasteiger partial charge is 0.166 e. The molecule has 1 unspecified atom stereocenters. The first-order chi connectivity index (χ1) is 9.17. The third-order valence-corrected chi connectivity index (χ3v) is 3.81. The van der Waals surface area contributed by atoms with Crippen LogP contribution in [0.3, 0.4) is 0 Å². The fraction of sp³-hybridized carbons (Fsp3) is 0.412. The highest BCUT2D eigenvalue weighted by Gasteiger charge is 2.18. The first-order valence-corrected chi connectivity index (χ1v) is 6.96. The summed E-state index contributed by atoms with van der Waals surface area (Å²) in [5.41, 5.74) is 1.83. The summed E-state index contributed by atoms with van der Waals surface area (Å²) in [7, 11) is 0. The molecule has 19 heavy (non-hydrogen) atoms. The van der Waals surface area contributed by atoms with Gasteiger partial charge >= 0.3 is 0 Å². The summed E-state index contributed by atoms with van der Waals surface area (Å²) in [5.74, 6) is -0.830. The van der Waals surface area contributed by atoms with E-state index in [-0.39, 0.29) is 0 Å². The molecule has 0 saturated carbocycles. The predicted molar refractivity (Wildman–Crippen MR) is 75.9 cm³/mol. The number of aryl methyl sites for hydroxylation is 1. The molecule has 0 bridgehead atoms. The Morgan fingerprint density at radius 1 is 1.26 bits per heavy atom. The number of hydrogen-bond acceptors (Lipinski definition) is 0. The van der Waals surface area contributed by atoms with E-state index in [0.717, 1.165) is 24.8 Å². The van der Waals surface area contributed by atoms with Crippen molar-refractivity contribution in [3.8, 4) is 0 Å². The van der Waals surface area contributed by atoms with Crippen LogP contribution in [0.5, 0.6) is 0 Å². The maximum Gasteiger partial charge on any atom is 0.166 e. The normalized spacial score (nSPS) is 19.8. The largest absolute Gasteiger partial charge is 0.203 e. The highest BCUT2D eigenvalue weighted by atomic mass is 19.2. The molecular formula is C17H20F2. The number of halogens is 2. The van der Waals surface area contributed by atoms with E-state index < -0.39 is 11.6 Å². The van der Waals surface area contributed by atoms with E-state index in [0.29, 0.717) is 23.5 Å². The Labute approximate surface area is 113 Å². The standard InChI is InChI=1S/C17H20F2/c1-3-5-12-6-8-14(9-7-12)15-11-10-13(4-2)16(18)17(15)19/h3,5,8,10-12H,4,6-7,9H2,1-2H3/b5-3+. The lowest BCUT2D eigenvalue weighted by molar-refractivity contribution is 0.496. The van der Waals surface area contributed by atoms with Crippen molar-refractivity contribution in [3.63, 3.8) is 0 Å². The summed E-state index contributed by atoms with van der Waals surface area (Å²) < 4.78 is 27.9. The van der Waals surface area contributed by atoms with Gasteiger partial charge in [0.05, 0.1) is 0 Å². The van der Waals surface area contributed by atoms with Crippen LogP contribution in [0.15, 0.2) is 30.4 Å². The van der Waals surface area contributed by atoms with Gasteiger partial charge in [0, 0.05) is 5.56 Å². The number of allylic oxidation sites excluding steroid dienone is 4. The summed E-state index contributed by atoms with van der Waals surface area (Å²) in [5, 5.41) is 0. The monoisotopic (exact) mass is 262 g/mol. The second-order valence-electron chi connectivity index (χ2n) is 5.04. The van der Waals surface area contributed by atoms with E-state index in [9.17, 15) is 8.78 Å². The van der Waals surface area contributed by atoms with E-state index in [1.807, 2.05) is 13.8 Å². The Kier molecular flexibility index (Phi) is 4.52. The number of hydrogen-bond donors (Lipinski definition) is 0. The van der Waals surface area contributed by atoms with Crippen molar-refractivity contribution in [1.82, 2.24) is 0 Å². The lowest BCUT2D eigenvalue weighted by Crippen LogP contribution is -2.05. The molecule has 2 rings (SSSR count). The molecule has 1 atom stereocenters. The molecule has 0 radical (unpaired) electrons. The quantitative estimate of drug-likeness (QED) is 0.649. The zero-order chi connectivity index (χ0) is 13.8. The van der Waals surface area contributed by atoms with Gasteiger partial charge < -0.3 is 0 Å². The summed E-state index contributed by atoms with van der Waals surface area (Å²) in [4.78, 5) is 0. The second kappa shape index (κ2) is 6.14. The molecule has 0 spiro atoms. The molecule has 1 aliphatic rings. The van der Waals surface area contributed by atoms with Gasteiger partial charge in [0.25, 0.3) is 0 Å². The van der Waals surface area contributed by atoms with Gasteiger partial charge in [-0.05, 0) is 49.7 Å². The van der Waals surface area contributed by atoms with Crippen LogP contribution in [0.1, 0.15) is 44.2 Å². The minimum Gasteiger partial charge on any atom is -0.203 e. The van der Waals surface area contributed by atoms with E-state index in [1.54, 1.807) is 12.1 Å².